The zero-order chi connectivity index (χ0) is 23.2. The van der Waals surface area contributed by atoms with Gasteiger partial charge in [0, 0.05) is 22.9 Å². The van der Waals surface area contributed by atoms with E-state index < -0.39 is 6.09 Å². The van der Waals surface area contributed by atoms with Crippen molar-refractivity contribution in [3.05, 3.63) is 82.5 Å². The lowest BCUT2D eigenvalue weighted by Gasteiger charge is -2.10. The number of anilines is 1. The van der Waals surface area contributed by atoms with Crippen molar-refractivity contribution in [1.29, 1.82) is 0 Å². The van der Waals surface area contributed by atoms with Gasteiger partial charge in [0.1, 0.15) is 0 Å². The van der Waals surface area contributed by atoms with Crippen molar-refractivity contribution < 1.29 is 14.1 Å². The summed E-state index contributed by atoms with van der Waals surface area (Å²) in [6.45, 7) is 2.44. The number of nitrogens with one attached hydrogen (secondary N) is 1. The summed E-state index contributed by atoms with van der Waals surface area (Å²) in [7, 11) is 0. The van der Waals surface area contributed by atoms with E-state index in [0.29, 0.717) is 23.1 Å². The molecular weight excluding hydrogens is 424 g/mol. The molecule has 1 amide bonds. The molecule has 4 rings (SSSR count). The van der Waals surface area contributed by atoms with E-state index in [4.69, 9.17) is 15.0 Å². The first-order chi connectivity index (χ1) is 16.1. The zero-order valence-corrected chi connectivity index (χ0v) is 17.9. The molecule has 0 aliphatic carbocycles. The molecule has 0 unspecified atom stereocenters. The van der Waals surface area contributed by atoms with E-state index >= 15 is 0 Å². The first-order valence-corrected chi connectivity index (χ1v) is 10.3. The van der Waals surface area contributed by atoms with Crippen LogP contribution in [0.1, 0.15) is 18.4 Å². The second-order valence-electron chi connectivity index (χ2n) is 7.05. The molecule has 0 fully saturated rings. The van der Waals surface area contributed by atoms with E-state index in [0.717, 1.165) is 16.7 Å². The molecule has 0 saturated heterocycles. The van der Waals surface area contributed by atoms with Crippen LogP contribution in [0.3, 0.4) is 0 Å². The molecule has 0 radical (unpaired) electrons. The third-order valence-corrected chi connectivity index (χ3v) is 4.73. The highest BCUT2D eigenvalue weighted by molar-refractivity contribution is 5.84. The molecule has 0 atom stereocenters. The number of nitrogens with zero attached hydrogens (tertiary/aromatic N) is 4. The van der Waals surface area contributed by atoms with Gasteiger partial charge in [-0.05, 0) is 30.7 Å². The molecule has 33 heavy (non-hydrogen) atoms. The molecule has 2 aromatic carbocycles. The van der Waals surface area contributed by atoms with E-state index in [9.17, 15) is 9.59 Å². The highest BCUT2D eigenvalue weighted by atomic mass is 16.5. The summed E-state index contributed by atoms with van der Waals surface area (Å²) in [5, 5.41) is 11.1. The molecule has 0 aliphatic rings. The van der Waals surface area contributed by atoms with E-state index in [1.54, 1.807) is 31.2 Å². The van der Waals surface area contributed by atoms with Crippen molar-refractivity contribution in [2.75, 3.05) is 11.9 Å². The number of amides is 1. The van der Waals surface area contributed by atoms with Gasteiger partial charge in [-0.25, -0.2) is 9.48 Å². The van der Waals surface area contributed by atoms with Crippen LogP contribution in [0.2, 0.25) is 0 Å². The molecule has 0 bridgehead atoms. The molecule has 2 heterocycles. The fraction of sp³-hybridized carbons (Fsp3) is 0.174. The Morgan fingerprint density at radius 3 is 2.64 bits per heavy atom. The fourth-order valence-electron chi connectivity index (χ4n) is 3.17. The minimum Gasteiger partial charge on any atom is -0.450 e. The van der Waals surface area contributed by atoms with Crippen LogP contribution in [0.15, 0.2) is 70.0 Å². The predicted molar refractivity (Wildman–Crippen MR) is 121 cm³/mol. The Balaban J connectivity index is 1.53. The number of hydrogen-bond acceptors (Lipinski definition) is 8. The Labute approximate surface area is 189 Å². The van der Waals surface area contributed by atoms with Gasteiger partial charge in [0.2, 0.25) is 11.7 Å². The van der Waals surface area contributed by atoms with Gasteiger partial charge in [-0.2, -0.15) is 10.1 Å². The van der Waals surface area contributed by atoms with Crippen molar-refractivity contribution in [2.45, 2.75) is 20.0 Å². The average Bonchev–Trinajstić information content (AvgIpc) is 3.30. The van der Waals surface area contributed by atoms with Crippen LogP contribution in [0.5, 0.6) is 0 Å². The van der Waals surface area contributed by atoms with Crippen LogP contribution in [-0.2, 0) is 17.8 Å². The van der Waals surface area contributed by atoms with Crippen molar-refractivity contribution in [2.24, 2.45) is 5.73 Å². The molecule has 10 heteroatoms. The lowest BCUT2D eigenvalue weighted by Crippen LogP contribution is -2.23. The van der Waals surface area contributed by atoms with Crippen LogP contribution in [0.4, 0.5) is 10.5 Å². The third kappa shape index (κ3) is 5.31. The van der Waals surface area contributed by atoms with Crippen molar-refractivity contribution >= 4 is 11.8 Å². The van der Waals surface area contributed by atoms with Crippen LogP contribution in [0.25, 0.3) is 22.6 Å². The van der Waals surface area contributed by atoms with Gasteiger partial charge < -0.3 is 15.0 Å². The Morgan fingerprint density at radius 2 is 1.91 bits per heavy atom. The van der Waals surface area contributed by atoms with Gasteiger partial charge >= 0.3 is 6.09 Å². The van der Waals surface area contributed by atoms with Crippen LogP contribution < -0.4 is 16.6 Å². The average molecular weight is 446 g/mol. The number of nitrogens with two attached hydrogens (primary N) is 1. The summed E-state index contributed by atoms with van der Waals surface area (Å²) in [6.07, 6.45) is -0.532. The smallest absolute Gasteiger partial charge is 0.411 e. The fourth-order valence-corrected chi connectivity index (χ4v) is 3.17. The lowest BCUT2D eigenvalue weighted by atomic mass is 10.1. The lowest BCUT2D eigenvalue weighted by molar-refractivity contribution is 0.168. The summed E-state index contributed by atoms with van der Waals surface area (Å²) in [5.74, 6) is 0.820. The second-order valence-corrected chi connectivity index (χ2v) is 7.05. The summed E-state index contributed by atoms with van der Waals surface area (Å²) in [4.78, 5) is 28.3. The summed E-state index contributed by atoms with van der Waals surface area (Å²) >= 11 is 0. The minimum atomic E-state index is -0.532. The summed E-state index contributed by atoms with van der Waals surface area (Å²) in [5.41, 5.74) is 8.89. The van der Waals surface area contributed by atoms with Crippen molar-refractivity contribution in [3.63, 3.8) is 0 Å². The van der Waals surface area contributed by atoms with Gasteiger partial charge in [0.05, 0.1) is 25.4 Å². The maximum Gasteiger partial charge on any atom is 0.411 e. The topological polar surface area (TPSA) is 138 Å². The second kappa shape index (κ2) is 9.88. The largest absolute Gasteiger partial charge is 0.450 e. The number of ether oxygens (including phenoxy) is 1. The minimum absolute atomic E-state index is 0.179. The van der Waals surface area contributed by atoms with Gasteiger partial charge in [0.15, 0.2) is 0 Å². The monoisotopic (exact) mass is 446 g/mol. The molecule has 3 N–H and O–H groups in total. The SMILES string of the molecule is CCOC(=O)Nc1cccc(Cn2nc(-c3ccc(-c4noc(CN)n4)cc3)ccc2=O)c1. The first-order valence-electron chi connectivity index (χ1n) is 10.3. The Morgan fingerprint density at radius 1 is 1.12 bits per heavy atom. The van der Waals surface area contributed by atoms with Crippen molar-refractivity contribution in [3.8, 4) is 22.6 Å². The number of aromatic nitrogens is 4. The summed E-state index contributed by atoms with van der Waals surface area (Å²) < 4.78 is 11.3. The van der Waals surface area contributed by atoms with Crippen LogP contribution >= 0.6 is 0 Å². The Kier molecular flexibility index (Phi) is 6.56. The number of carbonyl (C=O) groups is 1. The maximum atomic E-state index is 12.4. The molecule has 0 saturated carbocycles. The molecule has 10 nitrogen and oxygen atoms in total. The zero-order valence-electron chi connectivity index (χ0n) is 17.9. The molecule has 168 valence electrons. The van der Waals surface area contributed by atoms with E-state index in [2.05, 4.69) is 20.6 Å². The van der Waals surface area contributed by atoms with Gasteiger partial charge in [-0.3, -0.25) is 10.1 Å². The van der Waals surface area contributed by atoms with Crippen LogP contribution in [-0.4, -0.2) is 32.6 Å². The van der Waals surface area contributed by atoms with Gasteiger partial charge in [-0.1, -0.05) is 41.6 Å². The maximum absolute atomic E-state index is 12.4. The molecule has 0 aliphatic heterocycles. The highest BCUT2D eigenvalue weighted by Gasteiger charge is 2.10. The standard InChI is InChI=1S/C23H22N6O4/c1-2-32-23(31)25-18-5-3-4-15(12-18)14-29-21(30)11-10-19(27-29)16-6-8-17(9-7-16)22-26-20(13-24)33-28-22/h3-12H,2,13-14,24H2,1H3,(H,25,31). The number of hydrogen-bond donors (Lipinski definition) is 2. The Hall–Kier alpha value is -4.31. The highest BCUT2D eigenvalue weighted by Crippen LogP contribution is 2.22. The van der Waals surface area contributed by atoms with Crippen molar-refractivity contribution in [1.82, 2.24) is 19.9 Å². The molecular formula is C23H22N6O4. The molecule has 2 aromatic heterocycles. The Bertz CT molecular complexity index is 1310. The van der Waals surface area contributed by atoms with Gasteiger partial charge in [0.25, 0.3) is 5.56 Å². The molecule has 0 spiro atoms. The van der Waals surface area contributed by atoms with Crippen LogP contribution in [0, 0.1) is 0 Å². The van der Waals surface area contributed by atoms with E-state index in [1.165, 1.54) is 10.7 Å². The normalized spacial score (nSPS) is 10.7. The predicted octanol–water partition coefficient (Wildman–Crippen LogP) is 3.04. The van der Waals surface area contributed by atoms with E-state index in [1.807, 2.05) is 30.3 Å². The number of rotatable bonds is 7. The first kappa shape index (κ1) is 21.9. The number of carbonyl (C=O) groups excluding carboxylic acids is 1. The summed E-state index contributed by atoms with van der Waals surface area (Å²) in [6, 6.07) is 17.7. The molecule has 4 aromatic rings. The quantitative estimate of drug-likeness (QED) is 0.442. The van der Waals surface area contributed by atoms with E-state index in [-0.39, 0.29) is 25.3 Å². The van der Waals surface area contributed by atoms with Gasteiger partial charge in [-0.15, -0.1) is 0 Å². The third-order valence-electron chi connectivity index (χ3n) is 4.73. The number of benzene rings is 2.